The number of ether oxygens (including phenoxy) is 1. The van der Waals surface area contributed by atoms with Gasteiger partial charge in [0.2, 0.25) is 15.9 Å². The molecule has 22 heavy (non-hydrogen) atoms. The molecule has 1 atom stereocenters. The second-order valence-corrected chi connectivity index (χ2v) is 7.84. The number of para-hydroxylation sites is 1. The first kappa shape index (κ1) is 17.2. The highest BCUT2D eigenvalue weighted by Crippen LogP contribution is 2.27. The van der Waals surface area contributed by atoms with Crippen LogP contribution in [0.3, 0.4) is 0 Å². The zero-order valence-electron chi connectivity index (χ0n) is 12.3. The van der Waals surface area contributed by atoms with Crippen LogP contribution in [0.4, 0.5) is 5.69 Å². The first-order chi connectivity index (χ1) is 10.4. The van der Waals surface area contributed by atoms with Crippen molar-refractivity contribution in [1.82, 2.24) is 5.32 Å². The van der Waals surface area contributed by atoms with E-state index >= 15 is 0 Å². The van der Waals surface area contributed by atoms with Crippen LogP contribution in [0, 0.1) is 0 Å². The molecule has 1 aliphatic rings. The van der Waals surface area contributed by atoms with Gasteiger partial charge in [0.25, 0.3) is 0 Å². The summed E-state index contributed by atoms with van der Waals surface area (Å²) in [6, 6.07) is 7.07. The average molecular weight is 391 g/mol. The summed E-state index contributed by atoms with van der Waals surface area (Å²) < 4.78 is 31.2. The van der Waals surface area contributed by atoms with Crippen molar-refractivity contribution in [2.75, 3.05) is 30.3 Å². The molecule has 0 saturated carbocycles. The minimum atomic E-state index is -3.44. The quantitative estimate of drug-likeness (QED) is 0.798. The van der Waals surface area contributed by atoms with Gasteiger partial charge in [0.15, 0.2) is 0 Å². The van der Waals surface area contributed by atoms with E-state index in [2.05, 4.69) is 21.2 Å². The van der Waals surface area contributed by atoms with Gasteiger partial charge < -0.3 is 10.1 Å². The monoisotopic (exact) mass is 390 g/mol. The largest absolute Gasteiger partial charge is 0.368 e. The van der Waals surface area contributed by atoms with E-state index in [1.54, 1.807) is 18.2 Å². The van der Waals surface area contributed by atoms with Gasteiger partial charge in [-0.15, -0.1) is 0 Å². The molecular formula is C14H19BrN2O4S. The van der Waals surface area contributed by atoms with Crippen molar-refractivity contribution in [3.05, 3.63) is 28.7 Å². The van der Waals surface area contributed by atoms with Crippen LogP contribution in [0.5, 0.6) is 0 Å². The van der Waals surface area contributed by atoms with Gasteiger partial charge in [0, 0.05) is 17.6 Å². The van der Waals surface area contributed by atoms with Gasteiger partial charge in [-0.2, -0.15) is 0 Å². The third-order valence-electron chi connectivity index (χ3n) is 3.36. The van der Waals surface area contributed by atoms with Crippen molar-refractivity contribution in [2.24, 2.45) is 0 Å². The molecule has 2 rings (SSSR count). The zero-order chi connectivity index (χ0) is 16.2. The number of carbonyl (C=O) groups excluding carboxylic acids is 1. The Balaban J connectivity index is 2.00. The van der Waals surface area contributed by atoms with Crippen LogP contribution in [0.15, 0.2) is 28.7 Å². The van der Waals surface area contributed by atoms with Gasteiger partial charge in [-0.05, 0) is 40.9 Å². The van der Waals surface area contributed by atoms with E-state index in [1.165, 1.54) is 4.31 Å². The lowest BCUT2D eigenvalue weighted by Gasteiger charge is -2.24. The normalized spacial score (nSPS) is 18.2. The minimum Gasteiger partial charge on any atom is -0.368 e. The fourth-order valence-corrected chi connectivity index (χ4v) is 3.85. The summed E-state index contributed by atoms with van der Waals surface area (Å²) in [4.78, 5) is 11.9. The molecule has 1 aromatic rings. The molecule has 1 amide bonds. The smallest absolute Gasteiger partial charge is 0.249 e. The van der Waals surface area contributed by atoms with Crippen molar-refractivity contribution in [3.8, 4) is 0 Å². The second kappa shape index (κ2) is 7.43. The summed E-state index contributed by atoms with van der Waals surface area (Å²) in [5.74, 6) is -0.182. The summed E-state index contributed by atoms with van der Waals surface area (Å²) in [5, 5.41) is 2.73. The highest BCUT2D eigenvalue weighted by atomic mass is 79.9. The van der Waals surface area contributed by atoms with E-state index in [0.717, 1.165) is 12.7 Å². The lowest BCUT2D eigenvalue weighted by atomic mass is 10.2. The summed E-state index contributed by atoms with van der Waals surface area (Å²) in [5.41, 5.74) is 0.552. The first-order valence-electron chi connectivity index (χ1n) is 7.01. The Bertz CT molecular complexity index is 629. The van der Waals surface area contributed by atoms with Gasteiger partial charge in [-0.25, -0.2) is 8.42 Å². The topological polar surface area (TPSA) is 75.7 Å². The van der Waals surface area contributed by atoms with E-state index in [0.29, 0.717) is 23.2 Å². The number of hydrogen-bond donors (Lipinski definition) is 1. The van der Waals surface area contributed by atoms with E-state index in [-0.39, 0.29) is 19.0 Å². The van der Waals surface area contributed by atoms with E-state index in [4.69, 9.17) is 4.74 Å². The lowest BCUT2D eigenvalue weighted by Crippen LogP contribution is -2.41. The molecule has 122 valence electrons. The van der Waals surface area contributed by atoms with Crippen molar-refractivity contribution in [1.29, 1.82) is 0 Å². The van der Waals surface area contributed by atoms with Gasteiger partial charge >= 0.3 is 0 Å². The zero-order valence-corrected chi connectivity index (χ0v) is 14.7. The van der Waals surface area contributed by atoms with Gasteiger partial charge in [0.05, 0.1) is 18.5 Å². The standard InChI is InChI=1S/C14H19BrN2O4S/c1-22(19,20)17(12-6-3-2-5-11(12)15)9-8-16-14(18)13-7-4-10-21-13/h2-3,5-6,13H,4,7-10H2,1H3,(H,16,18). The Labute approximate surface area is 139 Å². The number of amides is 1. The number of hydrogen-bond acceptors (Lipinski definition) is 4. The number of anilines is 1. The van der Waals surface area contributed by atoms with E-state index < -0.39 is 16.1 Å². The first-order valence-corrected chi connectivity index (χ1v) is 9.65. The van der Waals surface area contributed by atoms with Gasteiger partial charge in [-0.3, -0.25) is 9.10 Å². The van der Waals surface area contributed by atoms with Crippen LogP contribution in [-0.4, -0.2) is 46.4 Å². The molecular weight excluding hydrogens is 372 g/mol. The van der Waals surface area contributed by atoms with Crippen LogP contribution in [0.2, 0.25) is 0 Å². The highest BCUT2D eigenvalue weighted by Gasteiger charge is 2.24. The Morgan fingerprint density at radius 1 is 1.45 bits per heavy atom. The van der Waals surface area contributed by atoms with Gasteiger partial charge in [-0.1, -0.05) is 12.1 Å². The number of nitrogens with one attached hydrogen (secondary N) is 1. The van der Waals surface area contributed by atoms with Crippen molar-refractivity contribution in [3.63, 3.8) is 0 Å². The SMILES string of the molecule is CS(=O)(=O)N(CCNC(=O)C1CCCO1)c1ccccc1Br. The van der Waals surface area contributed by atoms with Crippen molar-refractivity contribution < 1.29 is 17.9 Å². The van der Waals surface area contributed by atoms with Crippen LogP contribution < -0.4 is 9.62 Å². The lowest BCUT2D eigenvalue weighted by molar-refractivity contribution is -0.129. The molecule has 1 unspecified atom stereocenters. The molecule has 1 fully saturated rings. The number of benzene rings is 1. The minimum absolute atomic E-state index is 0.167. The predicted molar refractivity (Wildman–Crippen MR) is 88.3 cm³/mol. The van der Waals surface area contributed by atoms with Crippen LogP contribution >= 0.6 is 15.9 Å². The molecule has 6 nitrogen and oxygen atoms in total. The average Bonchev–Trinajstić information content (AvgIpc) is 2.97. The summed E-state index contributed by atoms with van der Waals surface area (Å²) in [7, 11) is -3.44. The van der Waals surface area contributed by atoms with Crippen LogP contribution in [0.1, 0.15) is 12.8 Å². The Morgan fingerprint density at radius 2 is 2.18 bits per heavy atom. The van der Waals surface area contributed by atoms with Crippen molar-refractivity contribution in [2.45, 2.75) is 18.9 Å². The fraction of sp³-hybridized carbons (Fsp3) is 0.500. The number of nitrogens with zero attached hydrogens (tertiary/aromatic N) is 1. The summed E-state index contributed by atoms with van der Waals surface area (Å²) >= 11 is 3.35. The van der Waals surface area contributed by atoms with Crippen LogP contribution in [0.25, 0.3) is 0 Å². The number of halogens is 1. The summed E-state index contributed by atoms with van der Waals surface area (Å²) in [6.45, 7) is 0.998. The maximum absolute atomic E-state index is 12.0. The Hall–Kier alpha value is -1.12. The molecule has 0 spiro atoms. The molecule has 0 aliphatic carbocycles. The maximum Gasteiger partial charge on any atom is 0.249 e. The Kier molecular flexibility index (Phi) is 5.82. The predicted octanol–water partition coefficient (Wildman–Crippen LogP) is 1.51. The molecule has 1 heterocycles. The van der Waals surface area contributed by atoms with Crippen LogP contribution in [-0.2, 0) is 19.6 Å². The van der Waals surface area contributed by atoms with Crippen molar-refractivity contribution >= 4 is 37.5 Å². The number of carbonyl (C=O) groups is 1. The third kappa shape index (κ3) is 4.44. The molecule has 1 saturated heterocycles. The molecule has 8 heteroatoms. The highest BCUT2D eigenvalue weighted by molar-refractivity contribution is 9.10. The fourth-order valence-electron chi connectivity index (χ4n) is 2.30. The molecule has 0 radical (unpaired) electrons. The molecule has 0 aromatic heterocycles. The molecule has 1 aliphatic heterocycles. The maximum atomic E-state index is 12.0. The molecule has 1 N–H and O–H groups in total. The number of rotatable bonds is 6. The Morgan fingerprint density at radius 3 is 2.77 bits per heavy atom. The van der Waals surface area contributed by atoms with Gasteiger partial charge in [0.1, 0.15) is 6.10 Å². The van der Waals surface area contributed by atoms with E-state index in [1.807, 2.05) is 6.07 Å². The summed E-state index contributed by atoms with van der Waals surface area (Å²) in [6.07, 6.45) is 2.33. The molecule has 1 aromatic carbocycles. The van der Waals surface area contributed by atoms with E-state index in [9.17, 15) is 13.2 Å². The molecule has 0 bridgehead atoms. The second-order valence-electron chi connectivity index (χ2n) is 5.08. The third-order valence-corrected chi connectivity index (χ3v) is 5.21. The number of sulfonamides is 1.